The summed E-state index contributed by atoms with van der Waals surface area (Å²) in [6.07, 6.45) is 7.01. The van der Waals surface area contributed by atoms with Crippen LogP contribution in [0.15, 0.2) is 60.7 Å². The number of aliphatic carboxylic acids is 2. The lowest BCUT2D eigenvalue weighted by Crippen LogP contribution is -2.07. The maximum Gasteiger partial charge on any atom is 0.338 e. The smallest absolute Gasteiger partial charge is 0.338 e. The lowest BCUT2D eigenvalue weighted by atomic mass is 9.99. The summed E-state index contributed by atoms with van der Waals surface area (Å²) in [4.78, 5) is 45.7. The fourth-order valence-corrected chi connectivity index (χ4v) is 2.25. The molecule has 0 aliphatic carbocycles. The number of esters is 2. The minimum Gasteiger partial charge on any atom is -0.478 e. The predicted molar refractivity (Wildman–Crippen MR) is 109 cm³/mol. The molecule has 0 unspecified atom stereocenters. The number of hydrogen-bond acceptors (Lipinski definition) is 6. The lowest BCUT2D eigenvalue weighted by molar-refractivity contribution is -0.137. The molecular weight excluding hydrogens is 392 g/mol. The predicted octanol–water partition coefficient (Wildman–Crippen LogP) is 2.86. The molecule has 30 heavy (non-hydrogen) atoms. The zero-order chi connectivity index (χ0) is 22.5. The molecule has 0 amide bonds. The van der Waals surface area contributed by atoms with E-state index in [1.54, 1.807) is 13.8 Å². The highest BCUT2D eigenvalue weighted by Gasteiger charge is 2.14. The van der Waals surface area contributed by atoms with Crippen LogP contribution in [0.1, 0.15) is 25.0 Å². The first-order valence-corrected chi connectivity index (χ1v) is 8.97. The Hall–Kier alpha value is -3.94. The molecule has 0 heterocycles. The number of benzene rings is 1. The molecule has 0 aliphatic heterocycles. The van der Waals surface area contributed by atoms with Gasteiger partial charge in [0.25, 0.3) is 0 Å². The maximum atomic E-state index is 12.3. The molecule has 0 bridgehead atoms. The van der Waals surface area contributed by atoms with E-state index in [0.717, 1.165) is 24.3 Å². The summed E-state index contributed by atoms with van der Waals surface area (Å²) >= 11 is 0. The van der Waals surface area contributed by atoms with E-state index in [1.807, 2.05) is 0 Å². The maximum absolute atomic E-state index is 12.3. The van der Waals surface area contributed by atoms with E-state index < -0.39 is 23.9 Å². The highest BCUT2D eigenvalue weighted by Crippen LogP contribution is 2.21. The van der Waals surface area contributed by atoms with Crippen LogP contribution in [0.4, 0.5) is 0 Å². The van der Waals surface area contributed by atoms with Crippen molar-refractivity contribution in [3.05, 3.63) is 71.8 Å². The van der Waals surface area contributed by atoms with Gasteiger partial charge in [-0.2, -0.15) is 0 Å². The zero-order valence-corrected chi connectivity index (χ0v) is 16.5. The Kier molecular flexibility index (Phi) is 10.0. The molecule has 2 N–H and O–H groups in total. The standard InChI is InChI=1S/C22H22O8/c1-3-29-20(25)10-6-8-18(22(28)30-4-2)16-13-11-15(12-14-16)17(21(26)27)7-5-9-19(23)24/h5-14H,3-4H2,1-2H3,(H,23,24)(H,26,27). The molecule has 0 aromatic heterocycles. The van der Waals surface area contributed by atoms with Gasteiger partial charge in [0.15, 0.2) is 0 Å². The van der Waals surface area contributed by atoms with E-state index in [0.29, 0.717) is 11.1 Å². The third-order valence-electron chi connectivity index (χ3n) is 3.52. The van der Waals surface area contributed by atoms with E-state index in [-0.39, 0.29) is 24.4 Å². The summed E-state index contributed by atoms with van der Waals surface area (Å²) in [6, 6.07) is 6.00. The molecule has 0 aliphatic rings. The van der Waals surface area contributed by atoms with Gasteiger partial charge in [-0.25, -0.2) is 19.2 Å². The van der Waals surface area contributed by atoms with Gasteiger partial charge in [0.2, 0.25) is 0 Å². The summed E-state index contributed by atoms with van der Waals surface area (Å²) in [5, 5.41) is 18.0. The average molecular weight is 414 g/mol. The number of hydrogen-bond donors (Lipinski definition) is 2. The van der Waals surface area contributed by atoms with E-state index in [9.17, 15) is 24.3 Å². The second kappa shape index (κ2) is 12.5. The number of carboxylic acid groups (broad SMARTS) is 2. The first-order chi connectivity index (χ1) is 14.3. The van der Waals surface area contributed by atoms with Gasteiger partial charge in [-0.1, -0.05) is 36.4 Å². The van der Waals surface area contributed by atoms with Crippen LogP contribution in [0.3, 0.4) is 0 Å². The topological polar surface area (TPSA) is 127 Å². The van der Waals surface area contributed by atoms with Crippen molar-refractivity contribution < 1.29 is 38.9 Å². The summed E-state index contributed by atoms with van der Waals surface area (Å²) in [5.41, 5.74) is 0.793. The van der Waals surface area contributed by atoms with Gasteiger partial charge in [-0.3, -0.25) is 0 Å². The molecule has 8 heteroatoms. The molecular formula is C22H22O8. The van der Waals surface area contributed by atoms with Crippen LogP contribution < -0.4 is 0 Å². The molecule has 1 aromatic rings. The van der Waals surface area contributed by atoms with Crippen molar-refractivity contribution >= 4 is 35.0 Å². The van der Waals surface area contributed by atoms with Gasteiger partial charge in [0.05, 0.1) is 24.4 Å². The molecule has 1 rings (SSSR count). The lowest BCUT2D eigenvalue weighted by Gasteiger charge is -2.08. The van der Waals surface area contributed by atoms with Crippen LogP contribution in [0.5, 0.6) is 0 Å². The van der Waals surface area contributed by atoms with E-state index in [1.165, 1.54) is 36.4 Å². The Balaban J connectivity index is 3.24. The number of carboxylic acids is 2. The van der Waals surface area contributed by atoms with Crippen LogP contribution in [0.2, 0.25) is 0 Å². The Morgan fingerprint density at radius 1 is 0.800 bits per heavy atom. The zero-order valence-electron chi connectivity index (χ0n) is 16.5. The summed E-state index contributed by atoms with van der Waals surface area (Å²) in [5.74, 6) is -3.61. The average Bonchev–Trinajstić information content (AvgIpc) is 2.69. The van der Waals surface area contributed by atoms with Gasteiger partial charge in [-0.05, 0) is 37.1 Å². The fraction of sp³-hybridized carbons (Fsp3) is 0.182. The van der Waals surface area contributed by atoms with Gasteiger partial charge in [0.1, 0.15) is 0 Å². The van der Waals surface area contributed by atoms with Crippen molar-refractivity contribution in [2.75, 3.05) is 13.2 Å². The van der Waals surface area contributed by atoms with Crippen molar-refractivity contribution in [3.63, 3.8) is 0 Å². The van der Waals surface area contributed by atoms with Crippen molar-refractivity contribution in [3.8, 4) is 0 Å². The van der Waals surface area contributed by atoms with Crippen LogP contribution in [0, 0.1) is 0 Å². The van der Waals surface area contributed by atoms with Gasteiger partial charge >= 0.3 is 23.9 Å². The van der Waals surface area contributed by atoms with Crippen LogP contribution in [-0.4, -0.2) is 47.3 Å². The third kappa shape index (κ3) is 7.97. The molecule has 0 saturated heterocycles. The van der Waals surface area contributed by atoms with Crippen molar-refractivity contribution in [1.29, 1.82) is 0 Å². The van der Waals surface area contributed by atoms with Crippen LogP contribution in [0.25, 0.3) is 11.1 Å². The summed E-state index contributed by atoms with van der Waals surface area (Å²) < 4.78 is 9.80. The molecule has 0 atom stereocenters. The molecule has 8 nitrogen and oxygen atoms in total. The Morgan fingerprint density at radius 3 is 1.80 bits per heavy atom. The van der Waals surface area contributed by atoms with Gasteiger partial charge in [0, 0.05) is 12.2 Å². The SMILES string of the molecule is CCOC(=O)C=CC=C(C(=O)OCC)c1ccc(C(=CC=CC(=O)O)C(=O)O)cc1. The normalized spacial score (nSPS) is 12.2. The molecule has 0 radical (unpaired) electrons. The third-order valence-corrected chi connectivity index (χ3v) is 3.52. The molecule has 0 fully saturated rings. The molecule has 1 aromatic carbocycles. The number of rotatable bonds is 10. The minimum absolute atomic E-state index is 0.122. The number of carbonyl (C=O) groups excluding carboxylic acids is 2. The molecule has 0 spiro atoms. The number of allylic oxidation sites excluding steroid dienone is 4. The second-order valence-corrected chi connectivity index (χ2v) is 5.57. The van der Waals surface area contributed by atoms with E-state index in [4.69, 9.17) is 14.6 Å². The van der Waals surface area contributed by atoms with Crippen molar-refractivity contribution in [2.24, 2.45) is 0 Å². The summed E-state index contributed by atoms with van der Waals surface area (Å²) in [6.45, 7) is 3.70. The first kappa shape index (κ1) is 24.1. The van der Waals surface area contributed by atoms with E-state index in [2.05, 4.69) is 0 Å². The highest BCUT2D eigenvalue weighted by atomic mass is 16.5. The van der Waals surface area contributed by atoms with Crippen molar-refractivity contribution in [2.45, 2.75) is 13.8 Å². The number of carbonyl (C=O) groups is 4. The Bertz CT molecular complexity index is 902. The second-order valence-electron chi connectivity index (χ2n) is 5.57. The van der Waals surface area contributed by atoms with E-state index >= 15 is 0 Å². The Labute approximate surface area is 173 Å². The largest absolute Gasteiger partial charge is 0.478 e. The highest BCUT2D eigenvalue weighted by molar-refractivity contribution is 6.18. The Morgan fingerprint density at radius 2 is 1.30 bits per heavy atom. The molecule has 158 valence electrons. The minimum atomic E-state index is -1.24. The number of ether oxygens (including phenoxy) is 2. The van der Waals surface area contributed by atoms with Crippen LogP contribution >= 0.6 is 0 Å². The van der Waals surface area contributed by atoms with Crippen LogP contribution in [-0.2, 0) is 28.7 Å². The monoisotopic (exact) mass is 414 g/mol. The first-order valence-electron chi connectivity index (χ1n) is 8.97. The van der Waals surface area contributed by atoms with Gasteiger partial charge < -0.3 is 19.7 Å². The summed E-state index contributed by atoms with van der Waals surface area (Å²) in [7, 11) is 0. The quantitative estimate of drug-likeness (QED) is 0.340. The fourth-order valence-electron chi connectivity index (χ4n) is 2.25. The van der Waals surface area contributed by atoms with Crippen molar-refractivity contribution in [1.82, 2.24) is 0 Å². The molecule has 0 saturated carbocycles. The van der Waals surface area contributed by atoms with Gasteiger partial charge in [-0.15, -0.1) is 0 Å².